The van der Waals surface area contributed by atoms with Crippen LogP contribution in [-0.2, 0) is 14.3 Å². The fourth-order valence-electron chi connectivity index (χ4n) is 2.46. The van der Waals surface area contributed by atoms with Crippen LogP contribution in [0.5, 0.6) is 0 Å². The molecule has 0 unspecified atom stereocenters. The third-order valence-corrected chi connectivity index (χ3v) is 4.45. The fourth-order valence-corrected chi connectivity index (χ4v) is 2.64. The molecule has 154 valence electrons. The highest BCUT2D eigenvalue weighted by Crippen LogP contribution is 2.21. The third kappa shape index (κ3) is 6.02. The maximum absolute atomic E-state index is 13.8. The molecular formula is C21H22ClFN2O4. The average molecular weight is 421 g/mol. The number of nitrogens with one attached hydrogen (secondary N) is 2. The zero-order chi connectivity index (χ0) is 21.6. The first-order valence-corrected chi connectivity index (χ1v) is 9.39. The lowest BCUT2D eigenvalue weighted by Crippen LogP contribution is -2.47. The van der Waals surface area contributed by atoms with Crippen molar-refractivity contribution in [2.24, 2.45) is 5.92 Å². The van der Waals surface area contributed by atoms with Crippen molar-refractivity contribution < 1.29 is 23.5 Å². The molecule has 0 aliphatic rings. The molecule has 2 atom stereocenters. The number of hydrogen-bond donors (Lipinski definition) is 2. The van der Waals surface area contributed by atoms with Gasteiger partial charge in [0.1, 0.15) is 11.9 Å². The number of anilines is 1. The number of para-hydroxylation sites is 1. The normalized spacial score (nSPS) is 12.8. The largest absolute Gasteiger partial charge is 0.451 e. The lowest BCUT2D eigenvalue weighted by atomic mass is 10.0. The molecule has 2 aromatic carbocycles. The molecule has 0 fully saturated rings. The maximum Gasteiger partial charge on any atom is 0.329 e. The third-order valence-electron chi connectivity index (χ3n) is 4.12. The van der Waals surface area contributed by atoms with E-state index >= 15 is 0 Å². The molecule has 0 aliphatic carbocycles. The van der Waals surface area contributed by atoms with E-state index in [1.54, 1.807) is 38.1 Å². The summed E-state index contributed by atoms with van der Waals surface area (Å²) in [7, 11) is 0. The van der Waals surface area contributed by atoms with Gasteiger partial charge < -0.3 is 15.4 Å². The Balaban J connectivity index is 2.03. The number of ether oxygens (including phenoxy) is 1. The fraction of sp³-hybridized carbons (Fsp3) is 0.286. The predicted molar refractivity (Wildman–Crippen MR) is 108 cm³/mol. The number of esters is 1. The maximum atomic E-state index is 13.8. The first-order valence-electron chi connectivity index (χ1n) is 9.02. The minimum atomic E-state index is -1.13. The van der Waals surface area contributed by atoms with Crippen molar-refractivity contribution in [3.05, 3.63) is 64.9 Å². The highest BCUT2D eigenvalue weighted by Gasteiger charge is 2.30. The van der Waals surface area contributed by atoms with Crippen molar-refractivity contribution in [2.75, 3.05) is 5.32 Å². The molecule has 0 radical (unpaired) electrons. The molecule has 2 amide bonds. The lowest BCUT2D eigenvalue weighted by Gasteiger charge is -2.23. The summed E-state index contributed by atoms with van der Waals surface area (Å²) in [6.45, 7) is 4.80. The van der Waals surface area contributed by atoms with Gasteiger partial charge in [0, 0.05) is 0 Å². The summed E-state index contributed by atoms with van der Waals surface area (Å²) in [6, 6.07) is 11.0. The number of hydrogen-bond acceptors (Lipinski definition) is 4. The van der Waals surface area contributed by atoms with Crippen LogP contribution < -0.4 is 10.6 Å². The van der Waals surface area contributed by atoms with Crippen LogP contribution in [0.25, 0.3) is 0 Å². The summed E-state index contributed by atoms with van der Waals surface area (Å²) in [5, 5.41) is 5.39. The van der Waals surface area contributed by atoms with E-state index in [4.69, 9.17) is 16.3 Å². The van der Waals surface area contributed by atoms with Crippen molar-refractivity contribution in [3.8, 4) is 0 Å². The van der Waals surface area contributed by atoms with Crippen LogP contribution >= 0.6 is 11.6 Å². The highest BCUT2D eigenvalue weighted by molar-refractivity contribution is 6.33. The topological polar surface area (TPSA) is 84.5 Å². The summed E-state index contributed by atoms with van der Waals surface area (Å²) in [4.78, 5) is 37.2. The van der Waals surface area contributed by atoms with Crippen LogP contribution in [0.1, 0.15) is 31.1 Å². The van der Waals surface area contributed by atoms with Gasteiger partial charge in [0.15, 0.2) is 6.10 Å². The van der Waals surface area contributed by atoms with E-state index in [0.29, 0.717) is 10.7 Å². The Bertz CT molecular complexity index is 904. The molecule has 0 heterocycles. The quantitative estimate of drug-likeness (QED) is 0.667. The van der Waals surface area contributed by atoms with E-state index in [1.165, 1.54) is 25.1 Å². The van der Waals surface area contributed by atoms with Gasteiger partial charge in [0.05, 0.1) is 16.3 Å². The molecule has 0 saturated carbocycles. The smallest absolute Gasteiger partial charge is 0.329 e. The molecule has 2 rings (SSSR count). The van der Waals surface area contributed by atoms with Gasteiger partial charge in [-0.2, -0.15) is 0 Å². The van der Waals surface area contributed by atoms with E-state index in [0.717, 1.165) is 6.07 Å². The van der Waals surface area contributed by atoms with Crippen molar-refractivity contribution in [1.82, 2.24) is 5.32 Å². The van der Waals surface area contributed by atoms with Crippen LogP contribution in [0.2, 0.25) is 5.02 Å². The van der Waals surface area contributed by atoms with Crippen LogP contribution in [0.4, 0.5) is 10.1 Å². The average Bonchev–Trinajstić information content (AvgIpc) is 2.67. The summed E-state index contributed by atoms with van der Waals surface area (Å²) in [5.41, 5.74) is 0.200. The second-order valence-corrected chi connectivity index (χ2v) is 7.13. The number of carbonyl (C=O) groups is 3. The SMILES string of the molecule is CC(C)[C@H](NC(=O)c1ccccc1F)C(=O)O[C@@H](C)C(=O)Nc1ccccc1Cl. The number of amides is 2. The Morgan fingerprint density at radius 1 is 1.00 bits per heavy atom. The van der Waals surface area contributed by atoms with Gasteiger partial charge in [-0.15, -0.1) is 0 Å². The zero-order valence-electron chi connectivity index (χ0n) is 16.2. The molecule has 2 N–H and O–H groups in total. The number of halogens is 2. The second-order valence-electron chi connectivity index (χ2n) is 6.72. The minimum Gasteiger partial charge on any atom is -0.451 e. The molecule has 0 saturated heterocycles. The molecular weight excluding hydrogens is 399 g/mol. The van der Waals surface area contributed by atoms with Gasteiger partial charge in [-0.3, -0.25) is 9.59 Å². The van der Waals surface area contributed by atoms with Gasteiger partial charge >= 0.3 is 5.97 Å². The molecule has 29 heavy (non-hydrogen) atoms. The molecule has 8 heteroatoms. The Morgan fingerprint density at radius 3 is 2.24 bits per heavy atom. The van der Waals surface area contributed by atoms with Crippen molar-refractivity contribution in [3.63, 3.8) is 0 Å². The molecule has 0 aliphatic heterocycles. The Hall–Kier alpha value is -2.93. The van der Waals surface area contributed by atoms with E-state index in [9.17, 15) is 18.8 Å². The molecule has 0 bridgehead atoms. The monoisotopic (exact) mass is 420 g/mol. The Morgan fingerprint density at radius 2 is 1.62 bits per heavy atom. The van der Waals surface area contributed by atoms with Gasteiger partial charge in [-0.05, 0) is 37.1 Å². The van der Waals surface area contributed by atoms with Gasteiger partial charge in [0.2, 0.25) is 0 Å². The molecule has 0 spiro atoms. The Kier molecular flexibility index (Phi) is 7.73. The molecule has 2 aromatic rings. The summed E-state index contributed by atoms with van der Waals surface area (Å²) in [6.07, 6.45) is -1.13. The summed E-state index contributed by atoms with van der Waals surface area (Å²) in [5.74, 6) is -3.17. The van der Waals surface area contributed by atoms with Crippen molar-refractivity contribution in [2.45, 2.75) is 32.9 Å². The van der Waals surface area contributed by atoms with Crippen LogP contribution in [0, 0.1) is 11.7 Å². The molecule has 6 nitrogen and oxygen atoms in total. The van der Waals surface area contributed by atoms with E-state index in [-0.39, 0.29) is 11.5 Å². The zero-order valence-corrected chi connectivity index (χ0v) is 17.0. The van der Waals surface area contributed by atoms with Gasteiger partial charge in [0.25, 0.3) is 11.8 Å². The second kappa shape index (κ2) is 10.0. The summed E-state index contributed by atoms with van der Waals surface area (Å²) >= 11 is 6.00. The Labute approximate surface area is 173 Å². The first-order chi connectivity index (χ1) is 13.7. The number of benzene rings is 2. The van der Waals surface area contributed by atoms with Crippen LogP contribution in [-0.4, -0.2) is 29.9 Å². The summed E-state index contributed by atoms with van der Waals surface area (Å²) < 4.78 is 19.0. The van der Waals surface area contributed by atoms with E-state index in [2.05, 4.69) is 10.6 Å². The van der Waals surface area contributed by atoms with Crippen molar-refractivity contribution >= 4 is 35.1 Å². The number of rotatable bonds is 7. The van der Waals surface area contributed by atoms with E-state index < -0.39 is 35.7 Å². The first kappa shape index (κ1) is 22.4. The lowest BCUT2D eigenvalue weighted by molar-refractivity contribution is -0.156. The van der Waals surface area contributed by atoms with Gasteiger partial charge in [-0.25, -0.2) is 9.18 Å². The van der Waals surface area contributed by atoms with Crippen LogP contribution in [0.3, 0.4) is 0 Å². The van der Waals surface area contributed by atoms with Crippen molar-refractivity contribution in [1.29, 1.82) is 0 Å². The van der Waals surface area contributed by atoms with E-state index in [1.807, 2.05) is 0 Å². The highest BCUT2D eigenvalue weighted by atomic mass is 35.5. The van der Waals surface area contributed by atoms with Crippen LogP contribution in [0.15, 0.2) is 48.5 Å². The predicted octanol–water partition coefficient (Wildman–Crippen LogP) is 3.80. The van der Waals surface area contributed by atoms with Gasteiger partial charge in [-0.1, -0.05) is 49.7 Å². The number of carbonyl (C=O) groups excluding carboxylic acids is 3. The standard InChI is InChI=1S/C21H22ClFN2O4/c1-12(2)18(25-20(27)14-8-4-6-10-16(14)23)21(28)29-13(3)19(26)24-17-11-7-5-9-15(17)22/h4-13,18H,1-3H3,(H,24,26)(H,25,27)/t13-,18-/m0/s1. The minimum absolute atomic E-state index is 0.185. The molecule has 0 aromatic heterocycles.